The van der Waals surface area contributed by atoms with Gasteiger partial charge in [-0.25, -0.2) is 0 Å². The minimum Gasteiger partial charge on any atom is -0.0587 e. The van der Waals surface area contributed by atoms with E-state index < -0.39 is 0 Å². The Morgan fingerprint density at radius 3 is 1.95 bits per heavy atom. The Labute approximate surface area is 121 Å². The first-order valence-corrected chi connectivity index (χ1v) is 7.14. The van der Waals surface area contributed by atoms with Crippen molar-refractivity contribution in [2.24, 2.45) is 0 Å². The van der Waals surface area contributed by atoms with Gasteiger partial charge in [-0.15, -0.1) is 0 Å². The van der Waals surface area contributed by atoms with Crippen molar-refractivity contribution in [1.29, 1.82) is 0 Å². The predicted octanol–water partition coefficient (Wildman–Crippen LogP) is 5.74. The quantitative estimate of drug-likeness (QED) is 0.523. The lowest BCUT2D eigenvalue weighted by Crippen LogP contribution is -1.90. The molecule has 0 N–H and O–H groups in total. The number of hydrogen-bond donors (Lipinski definition) is 0. The molecule has 0 radical (unpaired) electrons. The highest BCUT2D eigenvalue weighted by atomic mass is 14.1. The molecule has 0 aromatic heterocycles. The van der Waals surface area contributed by atoms with Gasteiger partial charge in [0, 0.05) is 0 Å². The molecule has 0 heterocycles. The maximum Gasteiger partial charge on any atom is -0.0102 e. The van der Waals surface area contributed by atoms with Crippen LogP contribution in [0.4, 0.5) is 0 Å². The molecule has 0 aliphatic heterocycles. The van der Waals surface area contributed by atoms with Gasteiger partial charge in [-0.05, 0) is 60.7 Å². The van der Waals surface area contributed by atoms with Crippen molar-refractivity contribution in [3.8, 4) is 11.1 Å². The second-order valence-corrected chi connectivity index (χ2v) is 5.78. The van der Waals surface area contributed by atoms with Crippen molar-refractivity contribution in [2.45, 2.75) is 27.7 Å². The average Bonchev–Trinajstić information content (AvgIpc) is 2.44. The normalized spacial score (nSPS) is 11.0. The topological polar surface area (TPSA) is 0 Å². The van der Waals surface area contributed by atoms with E-state index in [1.54, 1.807) is 0 Å². The van der Waals surface area contributed by atoms with Gasteiger partial charge in [-0.2, -0.15) is 0 Å². The molecule has 20 heavy (non-hydrogen) atoms. The maximum atomic E-state index is 2.32. The van der Waals surface area contributed by atoms with E-state index in [1.165, 1.54) is 44.2 Å². The largest absolute Gasteiger partial charge is 0.0587 e. The van der Waals surface area contributed by atoms with Gasteiger partial charge in [0.15, 0.2) is 0 Å². The molecule has 100 valence electrons. The fraction of sp³-hybridized carbons (Fsp3) is 0.200. The zero-order valence-electron chi connectivity index (χ0n) is 12.6. The maximum absolute atomic E-state index is 2.32. The van der Waals surface area contributed by atoms with Gasteiger partial charge in [0.25, 0.3) is 0 Å². The number of fused-ring (bicyclic) bond motifs is 1. The summed E-state index contributed by atoms with van der Waals surface area (Å²) in [5.74, 6) is 0. The van der Waals surface area contributed by atoms with Crippen molar-refractivity contribution in [3.63, 3.8) is 0 Å². The first-order valence-electron chi connectivity index (χ1n) is 7.14. The van der Waals surface area contributed by atoms with Crippen LogP contribution in [-0.2, 0) is 0 Å². The lowest BCUT2D eigenvalue weighted by molar-refractivity contribution is 1.37. The van der Waals surface area contributed by atoms with E-state index in [4.69, 9.17) is 0 Å². The summed E-state index contributed by atoms with van der Waals surface area (Å²) < 4.78 is 0. The second-order valence-electron chi connectivity index (χ2n) is 5.78. The van der Waals surface area contributed by atoms with Crippen LogP contribution in [0.3, 0.4) is 0 Å². The predicted molar refractivity (Wildman–Crippen MR) is 88.3 cm³/mol. The third kappa shape index (κ3) is 2.12. The first kappa shape index (κ1) is 12.9. The summed E-state index contributed by atoms with van der Waals surface area (Å²) in [4.78, 5) is 0. The zero-order valence-corrected chi connectivity index (χ0v) is 12.6. The molecule has 0 spiro atoms. The molecule has 0 saturated carbocycles. The molecule has 0 unspecified atom stereocenters. The molecule has 0 aliphatic rings. The lowest BCUT2D eigenvalue weighted by atomic mass is 9.91. The molecular formula is C20H20. The van der Waals surface area contributed by atoms with Crippen molar-refractivity contribution in [3.05, 3.63) is 70.8 Å². The molecule has 3 rings (SSSR count). The van der Waals surface area contributed by atoms with E-state index in [9.17, 15) is 0 Å². The molecular weight excluding hydrogens is 240 g/mol. The fourth-order valence-corrected chi connectivity index (χ4v) is 2.79. The molecule has 0 saturated heterocycles. The highest BCUT2D eigenvalue weighted by molar-refractivity contribution is 5.99. The minimum atomic E-state index is 1.30. The van der Waals surface area contributed by atoms with Crippen molar-refractivity contribution < 1.29 is 0 Å². The summed E-state index contributed by atoms with van der Waals surface area (Å²) in [5.41, 5.74) is 8.01. The Bertz CT molecular complexity index is 777. The van der Waals surface area contributed by atoms with Gasteiger partial charge >= 0.3 is 0 Å². The molecule has 3 aromatic rings. The Kier molecular flexibility index (Phi) is 3.10. The Morgan fingerprint density at radius 2 is 1.25 bits per heavy atom. The lowest BCUT2D eigenvalue weighted by Gasteiger charge is -2.13. The van der Waals surface area contributed by atoms with E-state index in [-0.39, 0.29) is 0 Å². The van der Waals surface area contributed by atoms with Gasteiger partial charge in [-0.1, -0.05) is 59.7 Å². The number of benzene rings is 3. The molecule has 0 bridgehead atoms. The van der Waals surface area contributed by atoms with Crippen LogP contribution in [-0.4, -0.2) is 0 Å². The Morgan fingerprint density at radius 1 is 0.600 bits per heavy atom. The van der Waals surface area contributed by atoms with Crippen LogP contribution in [0, 0.1) is 27.7 Å². The smallest absolute Gasteiger partial charge is 0.0102 e. The Balaban J connectivity index is 2.36. The van der Waals surface area contributed by atoms with Crippen LogP contribution in [0.25, 0.3) is 21.9 Å². The van der Waals surface area contributed by atoms with Crippen molar-refractivity contribution in [2.75, 3.05) is 0 Å². The Hall–Kier alpha value is -2.08. The van der Waals surface area contributed by atoms with Crippen molar-refractivity contribution >= 4 is 10.8 Å². The van der Waals surface area contributed by atoms with Gasteiger partial charge in [-0.3, -0.25) is 0 Å². The molecule has 0 nitrogen and oxygen atoms in total. The summed E-state index contributed by atoms with van der Waals surface area (Å²) in [6.45, 7) is 8.71. The summed E-state index contributed by atoms with van der Waals surface area (Å²) in [7, 11) is 0. The summed E-state index contributed by atoms with van der Waals surface area (Å²) in [6, 6.07) is 17.9. The molecule has 0 amide bonds. The SMILES string of the molecule is Cc1ccc(-c2cc(C)c(C)c3cc(C)ccc23)cc1. The third-order valence-electron chi connectivity index (χ3n) is 4.18. The third-order valence-corrected chi connectivity index (χ3v) is 4.18. The van der Waals surface area contributed by atoms with E-state index in [0.29, 0.717) is 0 Å². The van der Waals surface area contributed by atoms with E-state index >= 15 is 0 Å². The van der Waals surface area contributed by atoms with Crippen LogP contribution < -0.4 is 0 Å². The molecule has 0 aliphatic carbocycles. The fourth-order valence-electron chi connectivity index (χ4n) is 2.79. The molecule has 0 heteroatoms. The van der Waals surface area contributed by atoms with Gasteiger partial charge in [0.2, 0.25) is 0 Å². The zero-order chi connectivity index (χ0) is 14.3. The van der Waals surface area contributed by atoms with Crippen LogP contribution in [0.2, 0.25) is 0 Å². The highest BCUT2D eigenvalue weighted by Gasteiger charge is 2.08. The second kappa shape index (κ2) is 4.79. The highest BCUT2D eigenvalue weighted by Crippen LogP contribution is 2.33. The van der Waals surface area contributed by atoms with E-state index in [2.05, 4.69) is 76.2 Å². The summed E-state index contributed by atoms with van der Waals surface area (Å²) in [5, 5.41) is 2.73. The minimum absolute atomic E-state index is 1.30. The molecule has 0 atom stereocenters. The van der Waals surface area contributed by atoms with E-state index in [1.807, 2.05) is 0 Å². The number of rotatable bonds is 1. The monoisotopic (exact) mass is 260 g/mol. The van der Waals surface area contributed by atoms with Crippen LogP contribution in [0.1, 0.15) is 22.3 Å². The average molecular weight is 260 g/mol. The van der Waals surface area contributed by atoms with Crippen LogP contribution in [0.15, 0.2) is 48.5 Å². The van der Waals surface area contributed by atoms with Crippen LogP contribution >= 0.6 is 0 Å². The van der Waals surface area contributed by atoms with E-state index in [0.717, 1.165) is 0 Å². The standard InChI is InChI=1S/C20H20/c1-13-5-8-17(9-6-13)20-12-15(3)16(4)19-11-14(2)7-10-18(19)20/h5-12H,1-4H3. The van der Waals surface area contributed by atoms with Gasteiger partial charge in [0.1, 0.15) is 0 Å². The van der Waals surface area contributed by atoms with Gasteiger partial charge < -0.3 is 0 Å². The summed E-state index contributed by atoms with van der Waals surface area (Å²) >= 11 is 0. The van der Waals surface area contributed by atoms with Crippen molar-refractivity contribution in [1.82, 2.24) is 0 Å². The van der Waals surface area contributed by atoms with Crippen LogP contribution in [0.5, 0.6) is 0 Å². The molecule has 3 aromatic carbocycles. The summed E-state index contributed by atoms with van der Waals surface area (Å²) in [6.07, 6.45) is 0. The molecule has 0 fully saturated rings. The first-order chi connectivity index (χ1) is 9.56. The number of aryl methyl sites for hydroxylation is 4. The van der Waals surface area contributed by atoms with Gasteiger partial charge in [0.05, 0.1) is 0 Å². The number of hydrogen-bond acceptors (Lipinski definition) is 0.